The Labute approximate surface area is 112 Å². The third kappa shape index (κ3) is 4.66. The summed E-state index contributed by atoms with van der Waals surface area (Å²) >= 11 is 3.37. The van der Waals surface area contributed by atoms with Gasteiger partial charge in [-0.25, -0.2) is 4.39 Å². The summed E-state index contributed by atoms with van der Waals surface area (Å²) in [6.07, 6.45) is 4.82. The van der Waals surface area contributed by atoms with E-state index in [1.807, 2.05) is 6.07 Å². The summed E-state index contributed by atoms with van der Waals surface area (Å²) in [6.45, 7) is 5.24. The number of anilines is 1. The second-order valence-corrected chi connectivity index (χ2v) is 5.25. The van der Waals surface area contributed by atoms with Gasteiger partial charge < -0.3 is 5.32 Å². The van der Waals surface area contributed by atoms with Crippen LogP contribution in [-0.4, -0.2) is 6.54 Å². The van der Waals surface area contributed by atoms with Crippen molar-refractivity contribution in [1.82, 2.24) is 0 Å². The number of hydrogen-bond acceptors (Lipinski definition) is 1. The first-order chi connectivity index (χ1) is 8.19. The van der Waals surface area contributed by atoms with Gasteiger partial charge in [-0.15, -0.1) is 0 Å². The van der Waals surface area contributed by atoms with Crippen LogP contribution in [-0.2, 0) is 0 Å². The van der Waals surface area contributed by atoms with E-state index in [9.17, 15) is 4.39 Å². The molecule has 17 heavy (non-hydrogen) atoms. The van der Waals surface area contributed by atoms with Gasteiger partial charge in [0.15, 0.2) is 0 Å². The van der Waals surface area contributed by atoms with Crippen LogP contribution < -0.4 is 5.32 Å². The van der Waals surface area contributed by atoms with E-state index in [1.165, 1.54) is 25.3 Å². The minimum Gasteiger partial charge on any atom is -0.381 e. The molecule has 0 aliphatic heterocycles. The number of unbranched alkanes of at least 4 members (excludes halogenated alkanes) is 1. The average Bonchev–Trinajstić information content (AvgIpc) is 2.32. The summed E-state index contributed by atoms with van der Waals surface area (Å²) in [5, 5.41) is 3.22. The lowest BCUT2D eigenvalue weighted by Crippen LogP contribution is -2.14. The van der Waals surface area contributed by atoms with Crippen molar-refractivity contribution < 1.29 is 4.39 Å². The van der Waals surface area contributed by atoms with Gasteiger partial charge in [-0.2, -0.15) is 0 Å². The highest BCUT2D eigenvalue weighted by molar-refractivity contribution is 9.10. The summed E-state index contributed by atoms with van der Waals surface area (Å²) in [4.78, 5) is 0. The molecule has 1 atom stereocenters. The summed E-state index contributed by atoms with van der Waals surface area (Å²) in [5.74, 6) is 0.436. The summed E-state index contributed by atoms with van der Waals surface area (Å²) in [6, 6.07) is 5.05. The van der Waals surface area contributed by atoms with Crippen molar-refractivity contribution in [2.75, 3.05) is 11.9 Å². The maximum atomic E-state index is 13.6. The fraction of sp³-hybridized carbons (Fsp3) is 0.571. The molecule has 0 radical (unpaired) electrons. The molecule has 0 saturated heterocycles. The second-order valence-electron chi connectivity index (χ2n) is 4.39. The predicted molar refractivity (Wildman–Crippen MR) is 75.9 cm³/mol. The van der Waals surface area contributed by atoms with Crippen molar-refractivity contribution in [2.24, 2.45) is 5.92 Å². The predicted octanol–water partition coefficient (Wildman–Crippen LogP) is 5.22. The van der Waals surface area contributed by atoms with Crippen LogP contribution in [0.25, 0.3) is 0 Å². The normalized spacial score (nSPS) is 12.5. The van der Waals surface area contributed by atoms with E-state index < -0.39 is 0 Å². The molecular formula is C14H21BrFN. The number of benzene rings is 1. The fourth-order valence-electron chi connectivity index (χ4n) is 1.86. The molecule has 0 aliphatic rings. The van der Waals surface area contributed by atoms with Gasteiger partial charge in [0.2, 0.25) is 0 Å². The highest BCUT2D eigenvalue weighted by Gasteiger charge is 2.09. The van der Waals surface area contributed by atoms with E-state index in [2.05, 4.69) is 35.1 Å². The van der Waals surface area contributed by atoms with Gasteiger partial charge in [-0.1, -0.05) is 39.2 Å². The molecule has 0 aromatic heterocycles. The van der Waals surface area contributed by atoms with Crippen LogP contribution >= 0.6 is 15.9 Å². The van der Waals surface area contributed by atoms with E-state index in [4.69, 9.17) is 0 Å². The molecule has 1 aromatic carbocycles. The van der Waals surface area contributed by atoms with Gasteiger partial charge >= 0.3 is 0 Å². The standard InChI is InChI=1S/C14H21BrFN/c1-3-5-7-11(4-2)10-17-14-12(15)8-6-9-13(14)16/h6,8-9,11,17H,3-5,7,10H2,1-2H3. The molecule has 1 rings (SSSR count). The molecule has 0 amide bonds. The number of para-hydroxylation sites is 1. The molecule has 1 nitrogen and oxygen atoms in total. The quantitative estimate of drug-likeness (QED) is 0.728. The van der Waals surface area contributed by atoms with E-state index in [0.717, 1.165) is 17.4 Å². The van der Waals surface area contributed by atoms with Crippen LogP contribution in [0.15, 0.2) is 22.7 Å². The summed E-state index contributed by atoms with van der Waals surface area (Å²) in [5.41, 5.74) is 0.586. The molecular weight excluding hydrogens is 281 g/mol. The van der Waals surface area contributed by atoms with Gasteiger partial charge in [-0.05, 0) is 40.4 Å². The molecule has 0 fully saturated rings. The van der Waals surface area contributed by atoms with Crippen LogP contribution in [0.1, 0.15) is 39.5 Å². The van der Waals surface area contributed by atoms with Gasteiger partial charge in [-0.3, -0.25) is 0 Å². The van der Waals surface area contributed by atoms with Crippen LogP contribution in [0.5, 0.6) is 0 Å². The van der Waals surface area contributed by atoms with Crippen molar-refractivity contribution >= 4 is 21.6 Å². The molecule has 0 aliphatic carbocycles. The molecule has 0 heterocycles. The molecule has 0 bridgehead atoms. The smallest absolute Gasteiger partial charge is 0.147 e. The van der Waals surface area contributed by atoms with Crippen molar-refractivity contribution in [3.63, 3.8) is 0 Å². The minimum absolute atomic E-state index is 0.190. The van der Waals surface area contributed by atoms with Crippen LogP contribution in [0, 0.1) is 11.7 Å². The van der Waals surface area contributed by atoms with E-state index in [0.29, 0.717) is 11.6 Å². The third-order valence-electron chi connectivity index (χ3n) is 3.07. The van der Waals surface area contributed by atoms with Crippen molar-refractivity contribution in [3.05, 3.63) is 28.5 Å². The third-order valence-corrected chi connectivity index (χ3v) is 3.73. The van der Waals surface area contributed by atoms with E-state index in [-0.39, 0.29) is 5.82 Å². The maximum Gasteiger partial charge on any atom is 0.147 e. The Morgan fingerprint density at radius 2 is 2.12 bits per heavy atom. The van der Waals surface area contributed by atoms with Crippen molar-refractivity contribution in [1.29, 1.82) is 0 Å². The molecule has 96 valence electrons. The van der Waals surface area contributed by atoms with Crippen molar-refractivity contribution in [3.8, 4) is 0 Å². The van der Waals surface area contributed by atoms with Crippen LogP contribution in [0.4, 0.5) is 10.1 Å². The number of nitrogens with one attached hydrogen (secondary N) is 1. The summed E-state index contributed by atoms with van der Waals surface area (Å²) in [7, 11) is 0. The molecule has 0 saturated carbocycles. The Morgan fingerprint density at radius 1 is 1.35 bits per heavy atom. The van der Waals surface area contributed by atoms with E-state index in [1.54, 1.807) is 6.07 Å². The first kappa shape index (κ1) is 14.5. The van der Waals surface area contributed by atoms with Gasteiger partial charge in [0.05, 0.1) is 5.69 Å². The van der Waals surface area contributed by atoms with Gasteiger partial charge in [0, 0.05) is 11.0 Å². The second kappa shape index (κ2) is 7.70. The van der Waals surface area contributed by atoms with Crippen LogP contribution in [0.3, 0.4) is 0 Å². The molecule has 1 aromatic rings. The maximum absolute atomic E-state index is 13.6. The Kier molecular flexibility index (Phi) is 6.56. The summed E-state index contributed by atoms with van der Waals surface area (Å²) < 4.78 is 14.4. The first-order valence-electron chi connectivity index (χ1n) is 6.36. The van der Waals surface area contributed by atoms with Gasteiger partial charge in [0.25, 0.3) is 0 Å². The van der Waals surface area contributed by atoms with Crippen molar-refractivity contribution in [2.45, 2.75) is 39.5 Å². The topological polar surface area (TPSA) is 12.0 Å². The lowest BCUT2D eigenvalue weighted by Gasteiger charge is -2.17. The average molecular weight is 302 g/mol. The lowest BCUT2D eigenvalue weighted by atomic mass is 9.99. The van der Waals surface area contributed by atoms with Crippen LogP contribution in [0.2, 0.25) is 0 Å². The Hall–Kier alpha value is -0.570. The Bertz CT molecular complexity index is 321. The Balaban J connectivity index is 2.53. The van der Waals surface area contributed by atoms with Gasteiger partial charge in [0.1, 0.15) is 5.82 Å². The largest absolute Gasteiger partial charge is 0.381 e. The molecule has 1 N–H and O–H groups in total. The number of hydrogen-bond donors (Lipinski definition) is 1. The fourth-order valence-corrected chi connectivity index (χ4v) is 2.34. The SMILES string of the molecule is CCCCC(CC)CNc1c(F)cccc1Br. The zero-order valence-electron chi connectivity index (χ0n) is 10.6. The van der Waals surface area contributed by atoms with E-state index >= 15 is 0 Å². The Morgan fingerprint density at radius 3 is 2.71 bits per heavy atom. The molecule has 0 spiro atoms. The number of halogens is 2. The first-order valence-corrected chi connectivity index (χ1v) is 7.16. The zero-order chi connectivity index (χ0) is 12.7. The molecule has 1 unspecified atom stereocenters. The zero-order valence-corrected chi connectivity index (χ0v) is 12.2. The lowest BCUT2D eigenvalue weighted by molar-refractivity contribution is 0.471. The highest BCUT2D eigenvalue weighted by atomic mass is 79.9. The highest BCUT2D eigenvalue weighted by Crippen LogP contribution is 2.26. The monoisotopic (exact) mass is 301 g/mol. The molecule has 3 heteroatoms. The minimum atomic E-state index is -0.190. The number of rotatable bonds is 7.